The van der Waals surface area contributed by atoms with Crippen molar-refractivity contribution >= 4 is 23.4 Å². The molecule has 0 aliphatic carbocycles. The zero-order valence-electron chi connectivity index (χ0n) is 13.8. The molecule has 4 N–H and O–H groups in total. The number of hydrogen-bond acceptors (Lipinski definition) is 5. The summed E-state index contributed by atoms with van der Waals surface area (Å²) < 4.78 is 5.10. The topological polar surface area (TPSA) is 99.7 Å². The summed E-state index contributed by atoms with van der Waals surface area (Å²) in [4.78, 5) is 23.9. The molecule has 0 fully saturated rings. The Labute approximate surface area is 142 Å². The van der Waals surface area contributed by atoms with Crippen LogP contribution in [0.25, 0.3) is 0 Å². The molecule has 0 aliphatic heterocycles. The van der Waals surface area contributed by atoms with Crippen LogP contribution in [0.2, 0.25) is 0 Å². The van der Waals surface area contributed by atoms with E-state index in [4.69, 9.17) is 21.4 Å². The molecule has 132 valence electrons. The summed E-state index contributed by atoms with van der Waals surface area (Å²) in [5.41, 5.74) is -0.616. The van der Waals surface area contributed by atoms with Crippen molar-refractivity contribution in [2.45, 2.75) is 44.8 Å². The van der Waals surface area contributed by atoms with Crippen molar-refractivity contribution in [1.29, 1.82) is 0 Å². The van der Waals surface area contributed by atoms with Crippen molar-refractivity contribution in [3.05, 3.63) is 24.4 Å². The summed E-state index contributed by atoms with van der Waals surface area (Å²) in [6, 6.07) is -1.22. The van der Waals surface area contributed by atoms with Crippen LogP contribution in [-0.2, 0) is 14.3 Å². The fourth-order valence-corrected chi connectivity index (χ4v) is 1.53. The molecule has 0 aromatic rings. The molecule has 23 heavy (non-hydrogen) atoms. The zero-order chi connectivity index (χ0) is 17.8. The number of amides is 2. The van der Waals surface area contributed by atoms with Gasteiger partial charge in [0.05, 0.1) is 12.8 Å². The first-order chi connectivity index (χ1) is 10.8. The minimum Gasteiger partial charge on any atom is -0.377 e. The fraction of sp³-hybridized carbons (Fsp3) is 0.600. The van der Waals surface area contributed by atoms with E-state index >= 15 is 0 Å². The predicted octanol–water partition coefficient (Wildman–Crippen LogP) is 0.597. The van der Waals surface area contributed by atoms with Crippen molar-refractivity contribution in [3.8, 4) is 0 Å². The van der Waals surface area contributed by atoms with Gasteiger partial charge in [0.25, 0.3) is 0 Å². The maximum atomic E-state index is 12.0. The molecule has 0 aliphatic rings. The molecule has 2 amide bonds. The number of alkyl halides is 1. The Kier molecular flexibility index (Phi) is 11.3. The molecule has 3 atom stereocenters. The van der Waals surface area contributed by atoms with Crippen LogP contribution in [0.15, 0.2) is 24.4 Å². The van der Waals surface area contributed by atoms with Gasteiger partial charge in [-0.15, -0.1) is 0 Å². The highest BCUT2D eigenvalue weighted by Crippen LogP contribution is 2.02. The quantitative estimate of drug-likeness (QED) is 0.190. The van der Waals surface area contributed by atoms with Gasteiger partial charge in [0.1, 0.15) is 11.6 Å². The van der Waals surface area contributed by atoms with E-state index in [9.17, 15) is 9.59 Å². The molecule has 0 rings (SSSR count). The first-order valence-electron chi connectivity index (χ1n) is 7.38. The lowest BCUT2D eigenvalue weighted by molar-refractivity contribution is -0.129. The van der Waals surface area contributed by atoms with Crippen molar-refractivity contribution in [2.24, 2.45) is 0 Å². The van der Waals surface area contributed by atoms with E-state index in [0.29, 0.717) is 12.3 Å². The number of ether oxygens (including phenoxy) is 1. The third-order valence-corrected chi connectivity index (χ3v) is 3.04. The largest absolute Gasteiger partial charge is 0.377 e. The van der Waals surface area contributed by atoms with Gasteiger partial charge in [-0.3, -0.25) is 14.9 Å². The van der Waals surface area contributed by atoms with Gasteiger partial charge in [-0.1, -0.05) is 24.3 Å². The van der Waals surface area contributed by atoms with E-state index in [-0.39, 0.29) is 19.1 Å². The lowest BCUT2D eigenvalue weighted by Gasteiger charge is -2.18. The number of rotatable bonds is 11. The SMILES string of the molecule is C=C/C(=C\CC(O)Cl)NC(=O)[C@H](C)NC(=O)[C@H](C)NCOCC. The number of aliphatic hydroxyl groups excluding tert-OH is 1. The number of carbonyl (C=O) groups excluding carboxylic acids is 2. The highest BCUT2D eigenvalue weighted by atomic mass is 35.5. The van der Waals surface area contributed by atoms with Crippen molar-refractivity contribution in [2.75, 3.05) is 13.3 Å². The predicted molar refractivity (Wildman–Crippen MR) is 89.6 cm³/mol. The highest BCUT2D eigenvalue weighted by Gasteiger charge is 2.19. The van der Waals surface area contributed by atoms with E-state index in [2.05, 4.69) is 22.5 Å². The monoisotopic (exact) mass is 347 g/mol. The number of allylic oxidation sites excluding steroid dienone is 1. The van der Waals surface area contributed by atoms with Crippen LogP contribution in [0, 0.1) is 0 Å². The molecule has 0 saturated heterocycles. The van der Waals surface area contributed by atoms with Crippen LogP contribution in [0.3, 0.4) is 0 Å². The van der Waals surface area contributed by atoms with Gasteiger partial charge in [0.15, 0.2) is 0 Å². The highest BCUT2D eigenvalue weighted by molar-refractivity contribution is 6.19. The zero-order valence-corrected chi connectivity index (χ0v) is 14.5. The third-order valence-electron chi connectivity index (χ3n) is 2.86. The molecule has 0 aromatic carbocycles. The van der Waals surface area contributed by atoms with Crippen LogP contribution in [0.5, 0.6) is 0 Å². The van der Waals surface area contributed by atoms with Crippen LogP contribution in [-0.4, -0.2) is 47.9 Å². The summed E-state index contributed by atoms with van der Waals surface area (Å²) in [5.74, 6) is -0.710. The molecule has 0 spiro atoms. The van der Waals surface area contributed by atoms with Gasteiger partial charge in [0, 0.05) is 18.7 Å². The molecule has 0 aromatic heterocycles. The number of hydrogen-bond donors (Lipinski definition) is 4. The van der Waals surface area contributed by atoms with Crippen LogP contribution in [0.4, 0.5) is 0 Å². The van der Waals surface area contributed by atoms with Gasteiger partial charge in [-0.25, -0.2) is 0 Å². The second-order valence-electron chi connectivity index (χ2n) is 4.82. The van der Waals surface area contributed by atoms with Crippen LogP contribution >= 0.6 is 11.6 Å². The average molecular weight is 348 g/mol. The third kappa shape index (κ3) is 10.1. The second kappa shape index (κ2) is 12.1. The Hall–Kier alpha value is -1.41. The second-order valence-corrected chi connectivity index (χ2v) is 5.32. The summed E-state index contributed by atoms with van der Waals surface area (Å²) in [6.07, 6.45) is 3.14. The molecule has 1 unspecified atom stereocenters. The van der Waals surface area contributed by atoms with Gasteiger partial charge < -0.3 is 20.5 Å². The molecule has 0 bridgehead atoms. The van der Waals surface area contributed by atoms with Gasteiger partial charge in [-0.2, -0.15) is 0 Å². The van der Waals surface area contributed by atoms with Crippen LogP contribution in [0.1, 0.15) is 27.2 Å². The Morgan fingerprint density at radius 2 is 1.96 bits per heavy atom. The molecule has 7 nitrogen and oxygen atoms in total. The van der Waals surface area contributed by atoms with Gasteiger partial charge >= 0.3 is 0 Å². The number of aliphatic hydroxyl groups is 1. The molecule has 0 saturated carbocycles. The van der Waals surface area contributed by atoms with E-state index in [1.807, 2.05) is 6.92 Å². The van der Waals surface area contributed by atoms with E-state index in [0.717, 1.165) is 0 Å². The maximum Gasteiger partial charge on any atom is 0.246 e. The van der Waals surface area contributed by atoms with Crippen molar-refractivity contribution in [1.82, 2.24) is 16.0 Å². The maximum absolute atomic E-state index is 12.0. The number of halogens is 1. The first kappa shape index (κ1) is 21.6. The minimum atomic E-state index is -1.03. The normalized spacial score (nSPS) is 15.4. The first-order valence-corrected chi connectivity index (χ1v) is 7.82. The fourth-order valence-electron chi connectivity index (χ4n) is 1.44. The van der Waals surface area contributed by atoms with Gasteiger partial charge in [0.2, 0.25) is 11.8 Å². The standard InChI is InChI=1S/C15H26ClN3O4/c1-5-12(7-8-13(16)20)19-15(22)11(4)18-14(21)10(3)17-9-23-6-2/h5,7,10-11,13,17,20H,1,6,8-9H2,2-4H3,(H,18,21)(H,19,22)/b12-7+/t10-,11-,13?/m0/s1. The molecule has 8 heteroatoms. The molecule has 0 radical (unpaired) electrons. The van der Waals surface area contributed by atoms with Crippen LogP contribution < -0.4 is 16.0 Å². The van der Waals surface area contributed by atoms with E-state index in [1.165, 1.54) is 6.08 Å². The number of nitrogens with one attached hydrogen (secondary N) is 3. The summed E-state index contributed by atoms with van der Waals surface area (Å²) >= 11 is 5.42. The molecular formula is C15H26ClN3O4. The van der Waals surface area contributed by atoms with E-state index < -0.39 is 23.6 Å². The Morgan fingerprint density at radius 1 is 1.30 bits per heavy atom. The average Bonchev–Trinajstić information content (AvgIpc) is 2.50. The summed E-state index contributed by atoms with van der Waals surface area (Å²) in [7, 11) is 0. The Morgan fingerprint density at radius 3 is 2.48 bits per heavy atom. The van der Waals surface area contributed by atoms with Crippen molar-refractivity contribution in [3.63, 3.8) is 0 Å². The minimum absolute atomic E-state index is 0.169. The summed E-state index contributed by atoms with van der Waals surface area (Å²) in [6.45, 7) is 9.47. The smallest absolute Gasteiger partial charge is 0.246 e. The van der Waals surface area contributed by atoms with Gasteiger partial charge in [-0.05, 0) is 26.8 Å². The van der Waals surface area contributed by atoms with Crippen molar-refractivity contribution < 1.29 is 19.4 Å². The Balaban J connectivity index is 4.39. The summed E-state index contributed by atoms with van der Waals surface area (Å²) in [5, 5.41) is 17.1. The Bertz CT molecular complexity index is 427. The lowest BCUT2D eigenvalue weighted by Crippen LogP contribution is -2.50. The molecule has 0 heterocycles. The van der Waals surface area contributed by atoms with E-state index in [1.54, 1.807) is 19.9 Å². The lowest BCUT2D eigenvalue weighted by atomic mass is 10.2. The number of carbonyl (C=O) groups is 2. The molecular weight excluding hydrogens is 322 g/mol.